The molecule has 2 aromatic rings. The van der Waals surface area contributed by atoms with Crippen LogP contribution in [-0.2, 0) is 4.74 Å². The van der Waals surface area contributed by atoms with Gasteiger partial charge >= 0.3 is 0 Å². The van der Waals surface area contributed by atoms with Gasteiger partial charge in [0.15, 0.2) is 5.82 Å². The molecule has 2 saturated heterocycles. The summed E-state index contributed by atoms with van der Waals surface area (Å²) in [6.07, 6.45) is 3.90. The fourth-order valence-electron chi connectivity index (χ4n) is 3.08. The van der Waals surface area contributed by atoms with Crippen molar-refractivity contribution in [3.63, 3.8) is 0 Å². The third-order valence-electron chi connectivity index (χ3n) is 4.42. The number of amides is 1. The van der Waals surface area contributed by atoms with Gasteiger partial charge in [-0.25, -0.2) is 0 Å². The molecule has 0 aromatic carbocycles. The van der Waals surface area contributed by atoms with Gasteiger partial charge in [-0.1, -0.05) is 0 Å². The quantitative estimate of drug-likeness (QED) is 0.870. The topological polar surface area (TPSA) is 60.2 Å². The average molecular weight is 318 g/mol. The van der Waals surface area contributed by atoms with Crippen molar-refractivity contribution in [1.29, 1.82) is 0 Å². The van der Waals surface area contributed by atoms with E-state index in [9.17, 15) is 4.79 Å². The van der Waals surface area contributed by atoms with Crippen molar-refractivity contribution in [2.75, 3.05) is 19.7 Å². The van der Waals surface area contributed by atoms with Crippen LogP contribution in [0.25, 0.3) is 0 Å². The van der Waals surface area contributed by atoms with Gasteiger partial charge in [-0.15, -0.1) is 21.5 Å². The van der Waals surface area contributed by atoms with Crippen molar-refractivity contribution in [1.82, 2.24) is 19.7 Å². The Balaban J connectivity index is 1.44. The summed E-state index contributed by atoms with van der Waals surface area (Å²) in [7, 11) is 0. The van der Waals surface area contributed by atoms with E-state index in [-0.39, 0.29) is 18.1 Å². The first-order valence-corrected chi connectivity index (χ1v) is 8.46. The number of carbonyl (C=O) groups is 1. The molecule has 0 N–H and O–H groups in total. The molecule has 4 heterocycles. The molecule has 7 heteroatoms. The van der Waals surface area contributed by atoms with Crippen molar-refractivity contribution >= 4 is 17.2 Å². The lowest BCUT2D eigenvalue weighted by atomic mass is 10.1. The Hall–Kier alpha value is -1.73. The predicted octanol–water partition coefficient (Wildman–Crippen LogP) is 2.20. The maximum Gasteiger partial charge on any atom is 0.264 e. The van der Waals surface area contributed by atoms with Gasteiger partial charge in [-0.2, -0.15) is 0 Å². The van der Waals surface area contributed by atoms with Crippen molar-refractivity contribution in [3.8, 4) is 0 Å². The van der Waals surface area contributed by atoms with Crippen molar-refractivity contribution in [2.24, 2.45) is 0 Å². The first-order chi connectivity index (χ1) is 10.7. The molecular formula is C15H18N4O2S. The first kappa shape index (κ1) is 13.9. The number of hydrogen-bond acceptors (Lipinski definition) is 5. The first-order valence-electron chi connectivity index (χ1n) is 7.58. The molecule has 1 amide bonds. The second kappa shape index (κ2) is 5.48. The van der Waals surface area contributed by atoms with E-state index in [1.807, 2.05) is 23.3 Å². The maximum atomic E-state index is 12.4. The second-order valence-electron chi connectivity index (χ2n) is 5.89. The fraction of sp³-hybridized carbons (Fsp3) is 0.533. The van der Waals surface area contributed by atoms with Crippen LogP contribution in [0.2, 0.25) is 0 Å². The second-order valence-corrected chi connectivity index (χ2v) is 6.81. The highest BCUT2D eigenvalue weighted by atomic mass is 32.1. The Kier molecular flexibility index (Phi) is 3.46. The molecule has 4 rings (SSSR count). The summed E-state index contributed by atoms with van der Waals surface area (Å²) in [5.41, 5.74) is 1.06. The Bertz CT molecular complexity index is 683. The van der Waals surface area contributed by atoms with Gasteiger partial charge in [0.1, 0.15) is 12.4 Å². The minimum Gasteiger partial charge on any atom is -0.370 e. The van der Waals surface area contributed by atoms with Gasteiger partial charge in [0.25, 0.3) is 5.91 Å². The minimum absolute atomic E-state index is 0.0618. The number of hydrogen-bond donors (Lipinski definition) is 0. The monoisotopic (exact) mass is 318 g/mol. The number of thiophene rings is 1. The summed E-state index contributed by atoms with van der Waals surface area (Å²) in [6.45, 7) is 4.21. The molecule has 6 nitrogen and oxygen atoms in total. The number of likely N-dealkylation sites (tertiary alicyclic amines) is 1. The SMILES string of the molecule is Cc1ccsc1C(=O)N1CC(n2cnnc2[C@@H]2CCCO2)C1. The van der Waals surface area contributed by atoms with Crippen molar-refractivity contribution in [3.05, 3.63) is 34.0 Å². The largest absolute Gasteiger partial charge is 0.370 e. The molecule has 2 fully saturated rings. The average Bonchev–Trinajstić information content (AvgIpc) is 3.16. The van der Waals surface area contributed by atoms with E-state index >= 15 is 0 Å². The molecule has 0 bridgehead atoms. The van der Waals surface area contributed by atoms with Crippen molar-refractivity contribution in [2.45, 2.75) is 31.9 Å². The zero-order valence-corrected chi connectivity index (χ0v) is 13.3. The predicted molar refractivity (Wildman–Crippen MR) is 81.9 cm³/mol. The Morgan fingerprint density at radius 3 is 3.00 bits per heavy atom. The molecule has 116 valence electrons. The summed E-state index contributed by atoms with van der Waals surface area (Å²) in [4.78, 5) is 15.2. The summed E-state index contributed by atoms with van der Waals surface area (Å²) >= 11 is 1.51. The zero-order chi connectivity index (χ0) is 15.1. The molecule has 22 heavy (non-hydrogen) atoms. The number of carbonyl (C=O) groups excluding carboxylic acids is 1. The van der Waals surface area contributed by atoms with Gasteiger partial charge in [0, 0.05) is 19.7 Å². The highest BCUT2D eigenvalue weighted by Crippen LogP contribution is 2.32. The maximum absolute atomic E-state index is 12.4. The van der Waals surface area contributed by atoms with Gasteiger partial charge in [-0.3, -0.25) is 4.79 Å². The number of rotatable bonds is 3. The molecule has 2 aliphatic heterocycles. The zero-order valence-electron chi connectivity index (χ0n) is 12.4. The number of nitrogens with zero attached hydrogens (tertiary/aromatic N) is 4. The summed E-state index contributed by atoms with van der Waals surface area (Å²) in [5.74, 6) is 1.04. The Morgan fingerprint density at radius 2 is 2.32 bits per heavy atom. The van der Waals surface area contributed by atoms with Crippen molar-refractivity contribution < 1.29 is 9.53 Å². The number of aromatic nitrogens is 3. The van der Waals surface area contributed by atoms with Crippen LogP contribution in [0.1, 0.15) is 46.0 Å². The summed E-state index contributed by atoms with van der Waals surface area (Å²) in [6, 6.07) is 2.25. The lowest BCUT2D eigenvalue weighted by molar-refractivity contribution is 0.0488. The molecule has 1 atom stereocenters. The van der Waals surface area contributed by atoms with Gasteiger partial charge in [-0.05, 0) is 36.8 Å². The Labute approximate surface area is 132 Å². The van der Waals surface area contributed by atoms with E-state index in [1.165, 1.54) is 11.3 Å². The standard InChI is InChI=1S/C15H18N4O2S/c1-10-4-6-22-13(10)15(20)18-7-11(8-18)19-9-16-17-14(19)12-3-2-5-21-12/h4,6,9,11-12H,2-3,5,7-8H2,1H3/t12-/m0/s1. The molecular weight excluding hydrogens is 300 g/mol. The normalized spacial score (nSPS) is 22.0. The molecule has 0 unspecified atom stereocenters. The van der Waals surface area contributed by atoms with Crippen LogP contribution >= 0.6 is 11.3 Å². The van der Waals surface area contributed by atoms with E-state index in [0.29, 0.717) is 13.1 Å². The summed E-state index contributed by atoms with van der Waals surface area (Å²) < 4.78 is 7.79. The number of aryl methyl sites for hydroxylation is 1. The van der Waals surface area contributed by atoms with Crippen LogP contribution in [0.4, 0.5) is 0 Å². The third-order valence-corrected chi connectivity index (χ3v) is 5.42. The molecule has 2 aromatic heterocycles. The minimum atomic E-state index is 0.0618. The van der Waals surface area contributed by atoms with Crippen LogP contribution in [0.15, 0.2) is 17.8 Å². The smallest absolute Gasteiger partial charge is 0.264 e. The molecule has 0 saturated carbocycles. The lowest BCUT2D eigenvalue weighted by Crippen LogP contribution is -2.51. The fourth-order valence-corrected chi connectivity index (χ4v) is 3.97. The van der Waals surface area contributed by atoms with Crippen LogP contribution < -0.4 is 0 Å². The van der Waals surface area contributed by atoms with E-state index in [1.54, 1.807) is 6.33 Å². The van der Waals surface area contributed by atoms with Gasteiger partial charge in [0.05, 0.1) is 10.9 Å². The van der Waals surface area contributed by atoms with Gasteiger partial charge < -0.3 is 14.2 Å². The third kappa shape index (κ3) is 2.24. The van der Waals surface area contributed by atoms with E-state index < -0.39 is 0 Å². The van der Waals surface area contributed by atoms with Crippen LogP contribution in [0.5, 0.6) is 0 Å². The van der Waals surface area contributed by atoms with E-state index in [2.05, 4.69) is 14.8 Å². The van der Waals surface area contributed by atoms with Gasteiger partial charge in [0.2, 0.25) is 0 Å². The van der Waals surface area contributed by atoms with Crippen LogP contribution in [0, 0.1) is 6.92 Å². The lowest BCUT2D eigenvalue weighted by Gasteiger charge is -2.40. The molecule has 0 spiro atoms. The highest BCUT2D eigenvalue weighted by Gasteiger charge is 2.36. The highest BCUT2D eigenvalue weighted by molar-refractivity contribution is 7.12. The Morgan fingerprint density at radius 1 is 1.45 bits per heavy atom. The van der Waals surface area contributed by atoms with Crippen LogP contribution in [-0.4, -0.2) is 45.3 Å². The summed E-state index contributed by atoms with van der Waals surface area (Å²) in [5, 5.41) is 10.2. The number of ether oxygens (including phenoxy) is 1. The van der Waals surface area contributed by atoms with E-state index in [4.69, 9.17) is 4.74 Å². The molecule has 0 aliphatic carbocycles. The molecule has 2 aliphatic rings. The van der Waals surface area contributed by atoms with Crippen LogP contribution in [0.3, 0.4) is 0 Å². The molecule has 0 radical (unpaired) electrons. The van der Waals surface area contributed by atoms with E-state index in [0.717, 1.165) is 35.7 Å².